The van der Waals surface area contributed by atoms with Crippen molar-refractivity contribution in [1.82, 2.24) is 0 Å². The number of furan rings is 1. The van der Waals surface area contributed by atoms with Gasteiger partial charge in [0.25, 0.3) is 0 Å². The molecule has 146 valence electrons. The quantitative estimate of drug-likeness (QED) is 0.418. The molecule has 0 spiro atoms. The van der Waals surface area contributed by atoms with Crippen molar-refractivity contribution in [2.45, 2.75) is 19.9 Å². The lowest BCUT2D eigenvalue weighted by Crippen LogP contribution is -2.35. The third-order valence-electron chi connectivity index (χ3n) is 4.18. The molecule has 0 amide bonds. The van der Waals surface area contributed by atoms with Crippen LogP contribution >= 0.6 is 11.8 Å². The molecule has 1 aromatic heterocycles. The molecular weight excluding hydrogens is 382 g/mol. The van der Waals surface area contributed by atoms with E-state index in [9.17, 15) is 14.9 Å². The lowest BCUT2D eigenvalue weighted by atomic mass is 10.0. The summed E-state index contributed by atoms with van der Waals surface area (Å²) in [4.78, 5) is 29.7. The molecule has 0 unspecified atom stereocenters. The first-order valence-electron chi connectivity index (χ1n) is 8.56. The van der Waals surface area contributed by atoms with Crippen molar-refractivity contribution >= 4 is 34.5 Å². The van der Waals surface area contributed by atoms with Crippen molar-refractivity contribution < 1.29 is 18.9 Å². The lowest BCUT2D eigenvalue weighted by molar-refractivity contribution is -0.402. The van der Waals surface area contributed by atoms with Crippen LogP contribution in [0.4, 0.5) is 11.6 Å². The predicted octanol–water partition coefficient (Wildman–Crippen LogP) is 4.31. The van der Waals surface area contributed by atoms with E-state index in [1.54, 1.807) is 13.8 Å². The molecule has 2 heterocycles. The van der Waals surface area contributed by atoms with E-state index in [0.717, 1.165) is 5.69 Å². The van der Waals surface area contributed by atoms with Crippen LogP contribution in [0.3, 0.4) is 0 Å². The average molecular weight is 401 g/mol. The first kappa shape index (κ1) is 19.7. The molecule has 0 bridgehead atoms. The van der Waals surface area contributed by atoms with Gasteiger partial charge >= 0.3 is 11.9 Å². The normalized spacial score (nSPS) is 16.8. The maximum Gasteiger partial charge on any atom is 0.433 e. The highest BCUT2D eigenvalue weighted by atomic mass is 32.2. The molecule has 0 saturated heterocycles. The fourth-order valence-electron chi connectivity index (χ4n) is 2.98. The van der Waals surface area contributed by atoms with Crippen molar-refractivity contribution in [3.05, 3.63) is 69.6 Å². The molecule has 1 atom stereocenters. The molecule has 0 aliphatic carbocycles. The van der Waals surface area contributed by atoms with Gasteiger partial charge < -0.3 is 9.15 Å². The number of thioether (sulfide) groups is 1. The van der Waals surface area contributed by atoms with Crippen LogP contribution in [0.5, 0.6) is 0 Å². The predicted molar refractivity (Wildman–Crippen MR) is 107 cm³/mol. The van der Waals surface area contributed by atoms with Gasteiger partial charge in [-0.2, -0.15) is 0 Å². The van der Waals surface area contributed by atoms with Crippen LogP contribution in [0.1, 0.15) is 25.6 Å². The van der Waals surface area contributed by atoms with Crippen LogP contribution in [0.25, 0.3) is 0 Å². The minimum absolute atomic E-state index is 0.199. The highest BCUT2D eigenvalue weighted by Crippen LogP contribution is 2.39. The van der Waals surface area contributed by atoms with Crippen molar-refractivity contribution in [2.75, 3.05) is 17.8 Å². The fraction of sp³-hybridized carbons (Fsp3) is 0.263. The molecule has 1 aromatic carbocycles. The summed E-state index contributed by atoms with van der Waals surface area (Å²) in [6.45, 7) is 3.72. The molecular formula is C19H19N3O5S. The van der Waals surface area contributed by atoms with E-state index in [1.165, 1.54) is 23.9 Å². The van der Waals surface area contributed by atoms with Gasteiger partial charge in [-0.05, 0) is 38.3 Å². The Kier molecular flexibility index (Phi) is 5.84. The molecule has 0 N–H and O–H groups in total. The number of anilines is 1. The van der Waals surface area contributed by atoms with Crippen LogP contribution in [-0.2, 0) is 9.53 Å². The summed E-state index contributed by atoms with van der Waals surface area (Å²) >= 11 is 1.41. The molecule has 1 aliphatic rings. The largest absolute Gasteiger partial charge is 0.463 e. The van der Waals surface area contributed by atoms with Crippen LogP contribution in [0, 0.1) is 10.1 Å². The maximum absolute atomic E-state index is 12.7. The number of allylic oxidation sites excluding steroid dienone is 1. The Morgan fingerprint density at radius 1 is 1.32 bits per heavy atom. The Hall–Kier alpha value is -3.07. The number of benzene rings is 1. The van der Waals surface area contributed by atoms with E-state index in [2.05, 4.69) is 4.99 Å². The molecule has 9 heteroatoms. The molecule has 28 heavy (non-hydrogen) atoms. The average Bonchev–Trinajstić information content (AvgIpc) is 3.18. The fourth-order valence-corrected chi connectivity index (χ4v) is 3.62. The van der Waals surface area contributed by atoms with Crippen molar-refractivity contribution in [3.8, 4) is 0 Å². The Balaban J connectivity index is 2.15. The second-order valence-corrected chi connectivity index (χ2v) is 6.62. The summed E-state index contributed by atoms with van der Waals surface area (Å²) in [6.07, 6.45) is 1.87. The number of ether oxygens (including phenoxy) is 1. The van der Waals surface area contributed by atoms with Crippen molar-refractivity contribution in [3.63, 3.8) is 0 Å². The Morgan fingerprint density at radius 2 is 2.04 bits per heavy atom. The number of aliphatic imine (C=N–C) groups is 1. The zero-order valence-corrected chi connectivity index (χ0v) is 16.4. The Morgan fingerprint density at radius 3 is 2.61 bits per heavy atom. The number of carbonyl (C=O) groups excluding carboxylic acids is 1. The van der Waals surface area contributed by atoms with Gasteiger partial charge in [0.15, 0.2) is 5.17 Å². The van der Waals surface area contributed by atoms with Gasteiger partial charge in [0.05, 0.1) is 18.2 Å². The number of nitro groups is 1. The summed E-state index contributed by atoms with van der Waals surface area (Å²) in [5.74, 6) is -0.718. The van der Waals surface area contributed by atoms with Crippen LogP contribution in [-0.4, -0.2) is 28.9 Å². The molecule has 0 radical (unpaired) electrons. The van der Waals surface area contributed by atoms with E-state index in [1.807, 2.05) is 41.5 Å². The van der Waals surface area contributed by atoms with Gasteiger partial charge in [-0.25, -0.2) is 9.79 Å². The lowest BCUT2D eigenvalue weighted by Gasteiger charge is -2.33. The minimum atomic E-state index is -0.824. The summed E-state index contributed by atoms with van der Waals surface area (Å²) < 4.78 is 10.6. The highest BCUT2D eigenvalue weighted by Gasteiger charge is 2.37. The number of amidine groups is 1. The summed E-state index contributed by atoms with van der Waals surface area (Å²) in [5, 5.41) is 11.6. The Labute approximate surface area is 166 Å². The van der Waals surface area contributed by atoms with Crippen LogP contribution in [0.2, 0.25) is 0 Å². The monoisotopic (exact) mass is 401 g/mol. The first-order chi connectivity index (χ1) is 13.5. The molecule has 0 saturated carbocycles. The van der Waals surface area contributed by atoms with E-state index in [4.69, 9.17) is 9.15 Å². The molecule has 3 rings (SSSR count). The maximum atomic E-state index is 12.7. The van der Waals surface area contributed by atoms with Gasteiger partial charge in [0, 0.05) is 11.4 Å². The first-order valence-corrected chi connectivity index (χ1v) is 9.79. The van der Waals surface area contributed by atoms with E-state index >= 15 is 0 Å². The van der Waals surface area contributed by atoms with Gasteiger partial charge in [-0.15, -0.1) is 0 Å². The second kappa shape index (κ2) is 8.30. The SMILES string of the molecule is CCOC(=O)C1=C(C)N(c2ccccc2)C(SC)=N[C@H]1c1ccc([N+](=O)[O-])o1. The van der Waals surface area contributed by atoms with Gasteiger partial charge in [-0.1, -0.05) is 30.0 Å². The second-order valence-electron chi connectivity index (χ2n) is 5.84. The Bertz CT molecular complexity index is 951. The number of esters is 1. The van der Waals surface area contributed by atoms with Gasteiger partial charge in [0.1, 0.15) is 16.7 Å². The summed E-state index contributed by atoms with van der Waals surface area (Å²) in [5.41, 5.74) is 1.76. The number of carbonyl (C=O) groups is 1. The van der Waals surface area contributed by atoms with Gasteiger partial charge in [0.2, 0.25) is 0 Å². The number of hydrogen-bond acceptors (Lipinski definition) is 8. The molecule has 0 fully saturated rings. The highest BCUT2D eigenvalue weighted by molar-refractivity contribution is 8.13. The minimum Gasteiger partial charge on any atom is -0.463 e. The molecule has 1 aliphatic heterocycles. The van der Waals surface area contributed by atoms with Crippen molar-refractivity contribution in [2.24, 2.45) is 4.99 Å². The zero-order chi connectivity index (χ0) is 20.3. The van der Waals surface area contributed by atoms with E-state index < -0.39 is 22.8 Å². The number of nitrogens with zero attached hydrogens (tertiary/aromatic N) is 3. The van der Waals surface area contributed by atoms with Crippen LogP contribution < -0.4 is 4.90 Å². The molecule has 2 aromatic rings. The number of hydrogen-bond donors (Lipinski definition) is 0. The standard InChI is InChI=1S/C19H19N3O5S/c1-4-26-18(23)16-12(2)21(13-8-6-5-7-9-13)19(28-3)20-17(16)14-10-11-15(27-14)22(24)25/h5-11,17H,4H2,1-3H3/t17-/m0/s1. The number of para-hydroxylation sites is 1. The summed E-state index contributed by atoms with van der Waals surface area (Å²) in [7, 11) is 0. The third kappa shape index (κ3) is 3.65. The van der Waals surface area contributed by atoms with Crippen molar-refractivity contribution in [1.29, 1.82) is 0 Å². The smallest absolute Gasteiger partial charge is 0.433 e. The van der Waals surface area contributed by atoms with Crippen LogP contribution in [0.15, 0.2) is 63.1 Å². The summed E-state index contributed by atoms with van der Waals surface area (Å²) in [6, 6.07) is 11.4. The third-order valence-corrected chi connectivity index (χ3v) is 4.84. The van der Waals surface area contributed by atoms with E-state index in [-0.39, 0.29) is 17.9 Å². The van der Waals surface area contributed by atoms with Gasteiger partial charge in [-0.3, -0.25) is 15.0 Å². The van der Waals surface area contributed by atoms with E-state index in [0.29, 0.717) is 10.9 Å². The zero-order valence-electron chi connectivity index (χ0n) is 15.6. The molecule has 8 nitrogen and oxygen atoms in total. The topological polar surface area (TPSA) is 98.2 Å². The number of rotatable bonds is 5.